The van der Waals surface area contributed by atoms with Crippen LogP contribution >= 0.6 is 22.9 Å². The van der Waals surface area contributed by atoms with Crippen molar-refractivity contribution in [2.75, 3.05) is 38.2 Å². The van der Waals surface area contributed by atoms with E-state index in [-0.39, 0.29) is 35.8 Å². The van der Waals surface area contributed by atoms with Gasteiger partial charge in [0.15, 0.2) is 0 Å². The molecule has 3 aromatic heterocycles. The lowest BCUT2D eigenvalue weighted by molar-refractivity contribution is 0.000481. The Balaban J connectivity index is 1.25. The van der Waals surface area contributed by atoms with Gasteiger partial charge in [0.2, 0.25) is 17.0 Å². The van der Waals surface area contributed by atoms with Crippen molar-refractivity contribution in [1.29, 1.82) is 0 Å². The molecule has 4 aromatic rings. The number of anilines is 1. The van der Waals surface area contributed by atoms with Gasteiger partial charge in [-0.25, -0.2) is 19.3 Å². The van der Waals surface area contributed by atoms with Gasteiger partial charge in [0.05, 0.1) is 35.6 Å². The molecule has 2 aliphatic rings. The normalized spacial score (nSPS) is 18.5. The molecule has 13 heteroatoms. The number of alkyl halides is 1. The molecule has 6 rings (SSSR count). The highest BCUT2D eigenvalue weighted by Crippen LogP contribution is 2.40. The van der Waals surface area contributed by atoms with Gasteiger partial charge in [0.25, 0.3) is 5.91 Å². The Morgan fingerprint density at radius 3 is 2.87 bits per heavy atom. The van der Waals surface area contributed by atoms with Gasteiger partial charge in [-0.3, -0.25) is 9.69 Å². The van der Waals surface area contributed by atoms with Gasteiger partial charge >= 0.3 is 0 Å². The average Bonchev–Trinajstić information content (AvgIpc) is 3.25. The number of hydrogen-bond acceptors (Lipinski definition) is 10. The van der Waals surface area contributed by atoms with E-state index in [1.165, 1.54) is 11.3 Å². The Morgan fingerprint density at radius 2 is 2.05 bits per heavy atom. The van der Waals surface area contributed by atoms with Crippen LogP contribution in [0.5, 0.6) is 11.8 Å². The summed E-state index contributed by atoms with van der Waals surface area (Å²) in [5, 5.41) is 7.35. The number of ether oxygens (including phenoxy) is 2. The second-order valence-electron chi connectivity index (χ2n) is 9.68. The molecule has 0 spiro atoms. The Labute approximate surface area is 232 Å². The van der Waals surface area contributed by atoms with Gasteiger partial charge in [-0.05, 0) is 43.5 Å². The van der Waals surface area contributed by atoms with E-state index in [9.17, 15) is 9.18 Å². The zero-order valence-electron chi connectivity index (χ0n) is 21.2. The minimum Gasteiger partial charge on any atom is -0.418 e. The molecule has 2 aliphatic heterocycles. The number of nitrogens with one attached hydrogen (secondary N) is 2. The first kappa shape index (κ1) is 26.1. The van der Waals surface area contributed by atoms with Crippen molar-refractivity contribution in [2.45, 2.75) is 38.5 Å². The van der Waals surface area contributed by atoms with Crippen LogP contribution in [0.2, 0.25) is 5.28 Å². The Kier molecular flexibility index (Phi) is 7.43. The summed E-state index contributed by atoms with van der Waals surface area (Å²) in [4.78, 5) is 33.4. The lowest BCUT2D eigenvalue weighted by atomic mass is 10.1. The zero-order valence-corrected chi connectivity index (χ0v) is 22.8. The molecule has 0 radical (unpaired) electrons. The van der Waals surface area contributed by atoms with E-state index in [0.29, 0.717) is 34.9 Å². The number of carbonyl (C=O) groups is 1. The molecule has 2 N–H and O–H groups in total. The van der Waals surface area contributed by atoms with Gasteiger partial charge in [-0.2, -0.15) is 4.98 Å². The fraction of sp³-hybridized carbons (Fsp3) is 0.423. The molecule has 5 heterocycles. The number of piperidine rings is 1. The lowest BCUT2D eigenvalue weighted by Gasteiger charge is -2.31. The zero-order chi connectivity index (χ0) is 26.9. The molecule has 1 aromatic carbocycles. The summed E-state index contributed by atoms with van der Waals surface area (Å²) in [5.74, 6) is 0.503. The number of halogens is 2. The minimum absolute atomic E-state index is 0.0168. The molecule has 0 bridgehead atoms. The molecule has 39 heavy (non-hydrogen) atoms. The van der Waals surface area contributed by atoms with Crippen molar-refractivity contribution < 1.29 is 18.7 Å². The van der Waals surface area contributed by atoms with Crippen molar-refractivity contribution in [1.82, 2.24) is 30.2 Å². The predicted octanol–water partition coefficient (Wildman–Crippen LogP) is 4.57. The summed E-state index contributed by atoms with van der Waals surface area (Å²) in [6.45, 7) is 4.44. The third-order valence-corrected chi connectivity index (χ3v) is 8.20. The van der Waals surface area contributed by atoms with Crippen LogP contribution in [0.25, 0.3) is 21.1 Å². The van der Waals surface area contributed by atoms with Crippen LogP contribution in [0.3, 0.4) is 0 Å². The second kappa shape index (κ2) is 11.1. The molecule has 10 nitrogen and oxygen atoms in total. The van der Waals surface area contributed by atoms with Crippen LogP contribution < -0.4 is 15.4 Å². The second-order valence-corrected chi connectivity index (χ2v) is 11.1. The number of carbonyl (C=O) groups excluding carboxylic acids is 1. The van der Waals surface area contributed by atoms with Crippen molar-refractivity contribution in [3.63, 3.8) is 0 Å². The van der Waals surface area contributed by atoms with Crippen LogP contribution in [-0.2, 0) is 11.3 Å². The summed E-state index contributed by atoms with van der Waals surface area (Å²) in [7, 11) is 0. The fourth-order valence-corrected chi connectivity index (χ4v) is 6.19. The standard InChI is InChI=1S/C26H27ClFN7O3S/c1-14-10-29-22-20-18(39-23(22)24(36)32-14)3-2-17-21(20)30-12-19(33-17)38-25-15(11-31-26(27)34-25)13-35-7-4-16(5-8-35)37-9-6-28/h2-3,11-12,14,16,29H,4-10,13H2,1H3,(H,32,36)/t14-/m1/s1. The van der Waals surface area contributed by atoms with E-state index in [0.717, 1.165) is 47.3 Å². The molecular formula is C26H27ClFN7O3S. The first-order valence-electron chi connectivity index (χ1n) is 12.8. The number of amides is 1. The van der Waals surface area contributed by atoms with E-state index < -0.39 is 6.67 Å². The number of nitrogens with zero attached hydrogens (tertiary/aromatic N) is 5. The van der Waals surface area contributed by atoms with Crippen molar-refractivity contribution >= 4 is 55.7 Å². The summed E-state index contributed by atoms with van der Waals surface area (Å²) in [6, 6.07) is 3.83. The minimum atomic E-state index is -0.464. The molecule has 1 fully saturated rings. The van der Waals surface area contributed by atoms with Crippen LogP contribution in [0.4, 0.5) is 10.1 Å². The maximum atomic E-state index is 12.7. The van der Waals surface area contributed by atoms with E-state index in [1.807, 2.05) is 19.1 Å². The molecular weight excluding hydrogens is 545 g/mol. The summed E-state index contributed by atoms with van der Waals surface area (Å²) >= 11 is 7.54. The highest BCUT2D eigenvalue weighted by atomic mass is 35.5. The number of benzene rings is 1. The predicted molar refractivity (Wildman–Crippen MR) is 148 cm³/mol. The van der Waals surface area contributed by atoms with Gasteiger partial charge < -0.3 is 20.1 Å². The summed E-state index contributed by atoms with van der Waals surface area (Å²) in [5.41, 5.74) is 2.88. The van der Waals surface area contributed by atoms with Crippen LogP contribution in [0.15, 0.2) is 24.5 Å². The maximum absolute atomic E-state index is 12.7. The molecule has 1 atom stereocenters. The lowest BCUT2D eigenvalue weighted by Crippen LogP contribution is -2.37. The van der Waals surface area contributed by atoms with E-state index in [4.69, 9.17) is 21.1 Å². The first-order valence-corrected chi connectivity index (χ1v) is 14.0. The summed E-state index contributed by atoms with van der Waals surface area (Å²) < 4.78 is 25.0. The first-order chi connectivity index (χ1) is 19.0. The Morgan fingerprint density at radius 1 is 1.21 bits per heavy atom. The van der Waals surface area contributed by atoms with Crippen molar-refractivity contribution in [3.8, 4) is 11.8 Å². The van der Waals surface area contributed by atoms with Crippen LogP contribution in [0.1, 0.15) is 35.0 Å². The van der Waals surface area contributed by atoms with Crippen molar-refractivity contribution in [2.24, 2.45) is 0 Å². The van der Waals surface area contributed by atoms with Gasteiger partial charge in [-0.15, -0.1) is 11.3 Å². The molecule has 1 amide bonds. The fourth-order valence-electron chi connectivity index (χ4n) is 4.98. The van der Waals surface area contributed by atoms with Crippen molar-refractivity contribution in [3.05, 3.63) is 40.3 Å². The number of fused-ring (bicyclic) bond motifs is 5. The van der Waals surface area contributed by atoms with Crippen LogP contribution in [-0.4, -0.2) is 75.8 Å². The number of thiophene rings is 1. The average molecular weight is 572 g/mol. The number of hydrogen-bond donors (Lipinski definition) is 2. The number of rotatable bonds is 7. The molecule has 1 saturated heterocycles. The smallest absolute Gasteiger partial charge is 0.263 e. The Hall–Kier alpha value is -3.19. The third-order valence-electron chi connectivity index (χ3n) is 6.87. The third kappa shape index (κ3) is 5.46. The molecule has 204 valence electrons. The monoisotopic (exact) mass is 571 g/mol. The number of likely N-dealkylation sites (tertiary alicyclic amines) is 1. The highest BCUT2D eigenvalue weighted by molar-refractivity contribution is 7.21. The Bertz CT molecular complexity index is 1530. The van der Waals surface area contributed by atoms with Gasteiger partial charge in [-0.1, -0.05) is 0 Å². The summed E-state index contributed by atoms with van der Waals surface area (Å²) in [6.07, 6.45) is 4.96. The molecule has 0 saturated carbocycles. The highest BCUT2D eigenvalue weighted by Gasteiger charge is 2.26. The molecule has 0 aliphatic carbocycles. The van der Waals surface area contributed by atoms with E-state index in [1.54, 1.807) is 12.4 Å². The topological polar surface area (TPSA) is 114 Å². The number of aromatic nitrogens is 4. The molecule has 0 unspecified atom stereocenters. The van der Waals surface area contributed by atoms with E-state index >= 15 is 0 Å². The maximum Gasteiger partial charge on any atom is 0.263 e. The SMILES string of the molecule is C[C@@H]1CNc2c(sc3ccc4nc(Oc5nc(Cl)ncc5CN5CCC(OCCF)CC5)cnc4c23)C(=O)N1. The quantitative estimate of drug-likeness (QED) is 0.308. The largest absolute Gasteiger partial charge is 0.418 e. The van der Waals surface area contributed by atoms with E-state index in [2.05, 4.69) is 35.5 Å². The van der Waals surface area contributed by atoms with Gasteiger partial charge in [0.1, 0.15) is 11.6 Å². The van der Waals surface area contributed by atoms with Gasteiger partial charge in [0, 0.05) is 54.1 Å². The van der Waals surface area contributed by atoms with Crippen LogP contribution in [0, 0.1) is 0 Å².